The Morgan fingerprint density at radius 3 is 2.61 bits per heavy atom. The quantitative estimate of drug-likeness (QED) is 0.769. The van der Waals surface area contributed by atoms with Gasteiger partial charge in [-0.15, -0.1) is 0 Å². The van der Waals surface area contributed by atoms with Crippen LogP contribution in [0.2, 0.25) is 0 Å². The molecule has 0 saturated carbocycles. The zero-order chi connectivity index (χ0) is 16.3. The number of aromatic nitrogens is 2. The van der Waals surface area contributed by atoms with Gasteiger partial charge in [-0.05, 0) is 18.6 Å². The Morgan fingerprint density at radius 1 is 1.13 bits per heavy atom. The fourth-order valence-electron chi connectivity index (χ4n) is 2.17. The topological polar surface area (TPSA) is 72.0 Å². The molecule has 2 heterocycles. The van der Waals surface area contributed by atoms with E-state index < -0.39 is 10.0 Å². The van der Waals surface area contributed by atoms with E-state index in [2.05, 4.69) is 14.7 Å². The van der Waals surface area contributed by atoms with Gasteiger partial charge in [0.05, 0.1) is 16.3 Å². The fourth-order valence-corrected chi connectivity index (χ4v) is 4.54. The lowest BCUT2D eigenvalue weighted by Crippen LogP contribution is -2.14. The summed E-state index contributed by atoms with van der Waals surface area (Å²) < 4.78 is 27.1. The molecule has 1 aromatic carbocycles. The largest absolute Gasteiger partial charge is 0.264 e. The number of nitrogens with zero attached hydrogens (tertiary/aromatic N) is 2. The Hall–Kier alpha value is -2.25. The molecule has 0 spiro atoms. The van der Waals surface area contributed by atoms with Gasteiger partial charge < -0.3 is 0 Å². The number of nitrogens with one attached hydrogen (secondary N) is 1. The van der Waals surface area contributed by atoms with Gasteiger partial charge >= 0.3 is 0 Å². The Kier molecular flexibility index (Phi) is 4.40. The fraction of sp³-hybridized carbons (Fsp3) is 0.125. The highest BCUT2D eigenvalue weighted by Crippen LogP contribution is 2.32. The summed E-state index contributed by atoms with van der Waals surface area (Å²) in [6.45, 7) is 1.85. The molecule has 0 fully saturated rings. The van der Waals surface area contributed by atoms with E-state index in [0.29, 0.717) is 5.13 Å². The van der Waals surface area contributed by atoms with Gasteiger partial charge in [-0.1, -0.05) is 47.7 Å². The molecule has 0 aliphatic carbocycles. The molecule has 23 heavy (non-hydrogen) atoms. The van der Waals surface area contributed by atoms with Crippen molar-refractivity contribution in [1.29, 1.82) is 0 Å². The summed E-state index contributed by atoms with van der Waals surface area (Å²) in [5.41, 5.74) is 2.44. The summed E-state index contributed by atoms with van der Waals surface area (Å²) in [7, 11) is -3.49. The molecular weight excluding hydrogens is 330 g/mol. The number of benzene rings is 1. The molecule has 0 bridgehead atoms. The molecule has 1 N–H and O–H groups in total. The number of sulfonamides is 1. The maximum absolute atomic E-state index is 12.3. The monoisotopic (exact) mass is 345 g/mol. The first kappa shape index (κ1) is 15.6. The molecule has 3 rings (SSSR count). The summed E-state index contributed by atoms with van der Waals surface area (Å²) in [6, 6.07) is 12.8. The van der Waals surface area contributed by atoms with Crippen LogP contribution >= 0.6 is 11.3 Å². The minimum absolute atomic E-state index is 0.0747. The first-order valence-electron chi connectivity index (χ1n) is 6.96. The molecule has 0 amide bonds. The third-order valence-electron chi connectivity index (χ3n) is 3.16. The van der Waals surface area contributed by atoms with Crippen LogP contribution in [0.4, 0.5) is 5.13 Å². The zero-order valence-electron chi connectivity index (χ0n) is 12.4. The molecular formula is C16H15N3O2S2. The van der Waals surface area contributed by atoms with Crippen LogP contribution in [0.15, 0.2) is 54.9 Å². The van der Waals surface area contributed by atoms with Crippen LogP contribution in [0.25, 0.3) is 10.4 Å². The first-order chi connectivity index (χ1) is 11.0. The van der Waals surface area contributed by atoms with E-state index in [-0.39, 0.29) is 5.75 Å². The van der Waals surface area contributed by atoms with E-state index >= 15 is 0 Å². The van der Waals surface area contributed by atoms with Crippen molar-refractivity contribution in [3.8, 4) is 10.4 Å². The second-order valence-corrected chi connectivity index (χ2v) is 7.74. The molecule has 0 saturated heterocycles. The minimum Gasteiger partial charge on any atom is -0.264 e. The van der Waals surface area contributed by atoms with Gasteiger partial charge in [-0.25, -0.2) is 13.4 Å². The lowest BCUT2D eigenvalue weighted by molar-refractivity contribution is 0.600. The molecule has 5 nitrogen and oxygen atoms in total. The van der Waals surface area contributed by atoms with Gasteiger partial charge in [0, 0.05) is 18.0 Å². The molecule has 2 aromatic heterocycles. The van der Waals surface area contributed by atoms with E-state index in [0.717, 1.165) is 21.7 Å². The summed E-state index contributed by atoms with van der Waals surface area (Å²) in [4.78, 5) is 9.31. The van der Waals surface area contributed by atoms with Gasteiger partial charge in [0.25, 0.3) is 0 Å². The summed E-state index contributed by atoms with van der Waals surface area (Å²) in [5.74, 6) is -0.0747. The number of hydrogen-bond donors (Lipinski definition) is 1. The van der Waals surface area contributed by atoms with E-state index in [1.54, 1.807) is 24.5 Å². The number of pyridine rings is 1. The number of rotatable bonds is 5. The minimum atomic E-state index is -3.49. The average Bonchev–Trinajstić information content (AvgIpc) is 2.88. The SMILES string of the molecule is Cc1nc(NS(=O)(=O)Cc2ccccc2)sc1-c1cccnc1. The normalized spacial score (nSPS) is 11.3. The Bertz CT molecular complexity index is 892. The van der Waals surface area contributed by atoms with Crippen LogP contribution < -0.4 is 4.72 Å². The Balaban J connectivity index is 1.81. The molecule has 118 valence electrons. The van der Waals surface area contributed by atoms with Crippen molar-refractivity contribution in [2.24, 2.45) is 0 Å². The van der Waals surface area contributed by atoms with Crippen molar-refractivity contribution in [2.45, 2.75) is 12.7 Å². The molecule has 0 unspecified atom stereocenters. The molecule has 3 aromatic rings. The summed E-state index contributed by atoms with van der Waals surface area (Å²) in [5, 5.41) is 0.372. The van der Waals surface area contributed by atoms with Crippen molar-refractivity contribution in [1.82, 2.24) is 9.97 Å². The van der Waals surface area contributed by atoms with E-state index in [4.69, 9.17) is 0 Å². The van der Waals surface area contributed by atoms with Crippen molar-refractivity contribution in [3.63, 3.8) is 0 Å². The van der Waals surface area contributed by atoms with Crippen LogP contribution in [0.3, 0.4) is 0 Å². The second-order valence-electron chi connectivity index (χ2n) is 5.02. The number of hydrogen-bond acceptors (Lipinski definition) is 5. The molecule has 0 radical (unpaired) electrons. The van der Waals surface area contributed by atoms with Gasteiger partial charge in [0.2, 0.25) is 10.0 Å². The van der Waals surface area contributed by atoms with Crippen molar-refractivity contribution < 1.29 is 8.42 Å². The molecule has 0 aliphatic rings. The van der Waals surface area contributed by atoms with Crippen LogP contribution in [-0.4, -0.2) is 18.4 Å². The number of thiazole rings is 1. The predicted octanol–water partition coefficient (Wildman–Crippen LogP) is 3.46. The number of anilines is 1. The van der Waals surface area contributed by atoms with Crippen LogP contribution in [0, 0.1) is 6.92 Å². The predicted molar refractivity (Wildman–Crippen MR) is 92.8 cm³/mol. The van der Waals surface area contributed by atoms with Crippen LogP contribution in [0.1, 0.15) is 11.3 Å². The number of aryl methyl sites for hydroxylation is 1. The van der Waals surface area contributed by atoms with Gasteiger partial charge in [0.1, 0.15) is 0 Å². The lowest BCUT2D eigenvalue weighted by Gasteiger charge is -2.04. The first-order valence-corrected chi connectivity index (χ1v) is 9.43. The van der Waals surface area contributed by atoms with E-state index in [9.17, 15) is 8.42 Å². The van der Waals surface area contributed by atoms with Crippen molar-refractivity contribution in [2.75, 3.05) is 4.72 Å². The zero-order valence-corrected chi connectivity index (χ0v) is 14.1. The van der Waals surface area contributed by atoms with E-state index in [1.165, 1.54) is 11.3 Å². The maximum Gasteiger partial charge on any atom is 0.238 e. The molecule has 0 aliphatic heterocycles. The highest BCUT2D eigenvalue weighted by molar-refractivity contribution is 7.92. The highest BCUT2D eigenvalue weighted by atomic mass is 32.2. The van der Waals surface area contributed by atoms with Crippen LogP contribution in [0.5, 0.6) is 0 Å². The third kappa shape index (κ3) is 3.94. The summed E-state index contributed by atoms with van der Waals surface area (Å²) in [6.07, 6.45) is 3.44. The van der Waals surface area contributed by atoms with E-state index in [1.807, 2.05) is 37.3 Å². The smallest absolute Gasteiger partial charge is 0.238 e. The summed E-state index contributed by atoms with van der Waals surface area (Å²) >= 11 is 1.31. The van der Waals surface area contributed by atoms with Gasteiger partial charge in [0.15, 0.2) is 5.13 Å². The third-order valence-corrected chi connectivity index (χ3v) is 5.63. The lowest BCUT2D eigenvalue weighted by atomic mass is 10.2. The average molecular weight is 345 g/mol. The van der Waals surface area contributed by atoms with Crippen LogP contribution in [-0.2, 0) is 15.8 Å². The van der Waals surface area contributed by atoms with Gasteiger partial charge in [-0.3, -0.25) is 9.71 Å². The Morgan fingerprint density at radius 2 is 1.91 bits per heavy atom. The molecule has 7 heteroatoms. The maximum atomic E-state index is 12.3. The Labute approximate surface area is 139 Å². The van der Waals surface area contributed by atoms with Gasteiger partial charge in [-0.2, -0.15) is 0 Å². The highest BCUT2D eigenvalue weighted by Gasteiger charge is 2.16. The van der Waals surface area contributed by atoms with Crippen molar-refractivity contribution >= 4 is 26.5 Å². The second kappa shape index (κ2) is 6.47. The van der Waals surface area contributed by atoms with Crippen molar-refractivity contribution in [3.05, 3.63) is 66.1 Å². The molecule has 0 atom stereocenters. The standard InChI is InChI=1S/C16H15N3O2S2/c1-12-15(14-8-5-9-17-10-14)22-16(18-12)19-23(20,21)11-13-6-3-2-4-7-13/h2-10H,11H2,1H3,(H,18,19).